The summed E-state index contributed by atoms with van der Waals surface area (Å²) in [6, 6.07) is 4.97. The number of carboxylic acid groups (broad SMARTS) is 1. The summed E-state index contributed by atoms with van der Waals surface area (Å²) in [5.74, 6) is 0.0826. The SMILES string of the molecule is CCCCSc1ncnc2cc(C(=O)O)ccc12. The Morgan fingerprint density at radius 1 is 1.39 bits per heavy atom. The van der Waals surface area contributed by atoms with Crippen LogP contribution in [0.1, 0.15) is 30.1 Å². The minimum Gasteiger partial charge on any atom is -0.478 e. The Hall–Kier alpha value is -1.62. The minimum atomic E-state index is -0.935. The number of aromatic nitrogens is 2. The molecule has 0 spiro atoms. The first-order valence-electron chi connectivity index (χ1n) is 5.83. The molecule has 0 bridgehead atoms. The largest absolute Gasteiger partial charge is 0.478 e. The van der Waals surface area contributed by atoms with Crippen LogP contribution in [0.25, 0.3) is 10.9 Å². The van der Waals surface area contributed by atoms with Gasteiger partial charge in [-0.2, -0.15) is 0 Å². The van der Waals surface area contributed by atoms with Crippen molar-refractivity contribution >= 4 is 28.6 Å². The lowest BCUT2D eigenvalue weighted by molar-refractivity contribution is 0.0697. The van der Waals surface area contributed by atoms with E-state index in [1.54, 1.807) is 30.0 Å². The maximum absolute atomic E-state index is 10.9. The number of nitrogens with zero attached hydrogens (tertiary/aromatic N) is 2. The highest BCUT2D eigenvalue weighted by Crippen LogP contribution is 2.25. The van der Waals surface area contributed by atoms with E-state index >= 15 is 0 Å². The Kier molecular flexibility index (Phi) is 4.15. The molecule has 1 aromatic carbocycles. The zero-order valence-electron chi connectivity index (χ0n) is 10.1. The molecule has 2 aromatic rings. The third-order valence-electron chi connectivity index (χ3n) is 2.58. The van der Waals surface area contributed by atoms with Crippen LogP contribution in [-0.2, 0) is 0 Å². The van der Waals surface area contributed by atoms with Crippen LogP contribution in [0.5, 0.6) is 0 Å². The highest BCUT2D eigenvalue weighted by atomic mass is 32.2. The molecule has 94 valence electrons. The van der Waals surface area contributed by atoms with Gasteiger partial charge in [0.2, 0.25) is 0 Å². The van der Waals surface area contributed by atoms with Crippen molar-refractivity contribution in [1.82, 2.24) is 9.97 Å². The second-order valence-corrected chi connectivity index (χ2v) is 5.00. The Labute approximate surface area is 109 Å². The van der Waals surface area contributed by atoms with Gasteiger partial charge in [0.25, 0.3) is 0 Å². The predicted octanol–water partition coefficient (Wildman–Crippen LogP) is 3.22. The van der Waals surface area contributed by atoms with E-state index in [9.17, 15) is 4.79 Å². The van der Waals surface area contributed by atoms with Crippen molar-refractivity contribution in [3.05, 3.63) is 30.1 Å². The maximum Gasteiger partial charge on any atom is 0.335 e. The van der Waals surface area contributed by atoms with Gasteiger partial charge >= 0.3 is 5.97 Å². The van der Waals surface area contributed by atoms with Crippen LogP contribution < -0.4 is 0 Å². The second-order valence-electron chi connectivity index (χ2n) is 3.92. The summed E-state index contributed by atoms with van der Waals surface area (Å²) in [6.07, 6.45) is 3.78. The molecule has 0 aliphatic carbocycles. The molecule has 0 saturated heterocycles. The lowest BCUT2D eigenvalue weighted by atomic mass is 10.1. The summed E-state index contributed by atoms with van der Waals surface area (Å²) >= 11 is 1.69. The molecular formula is C13H14N2O2S. The van der Waals surface area contributed by atoms with E-state index in [1.807, 2.05) is 0 Å². The van der Waals surface area contributed by atoms with Gasteiger partial charge in [0.1, 0.15) is 11.4 Å². The van der Waals surface area contributed by atoms with E-state index in [1.165, 1.54) is 6.33 Å². The van der Waals surface area contributed by atoms with Gasteiger partial charge in [0.15, 0.2) is 0 Å². The number of carboxylic acids is 1. The van der Waals surface area contributed by atoms with Crippen molar-refractivity contribution in [2.24, 2.45) is 0 Å². The summed E-state index contributed by atoms with van der Waals surface area (Å²) in [4.78, 5) is 19.3. The summed E-state index contributed by atoms with van der Waals surface area (Å²) in [6.45, 7) is 2.15. The molecule has 0 radical (unpaired) electrons. The number of thioether (sulfide) groups is 1. The van der Waals surface area contributed by atoms with E-state index in [0.29, 0.717) is 5.52 Å². The minimum absolute atomic E-state index is 0.255. The fourth-order valence-electron chi connectivity index (χ4n) is 1.59. The van der Waals surface area contributed by atoms with Gasteiger partial charge in [-0.3, -0.25) is 0 Å². The molecule has 0 amide bonds. The fourth-order valence-corrected chi connectivity index (χ4v) is 2.67. The second kappa shape index (κ2) is 5.82. The zero-order valence-corrected chi connectivity index (χ0v) is 10.9. The molecule has 2 rings (SSSR count). The van der Waals surface area contributed by atoms with E-state index in [-0.39, 0.29) is 5.56 Å². The van der Waals surface area contributed by atoms with Gasteiger partial charge in [-0.1, -0.05) is 13.3 Å². The first-order chi connectivity index (χ1) is 8.72. The molecule has 5 heteroatoms. The Morgan fingerprint density at radius 3 is 2.94 bits per heavy atom. The fraction of sp³-hybridized carbons (Fsp3) is 0.308. The normalized spacial score (nSPS) is 10.7. The van der Waals surface area contributed by atoms with Crippen LogP contribution in [-0.4, -0.2) is 26.8 Å². The molecule has 0 aliphatic rings. The molecule has 4 nitrogen and oxygen atoms in total. The lowest BCUT2D eigenvalue weighted by Gasteiger charge is -2.04. The quantitative estimate of drug-likeness (QED) is 0.509. The van der Waals surface area contributed by atoms with Gasteiger partial charge < -0.3 is 5.11 Å². The number of hydrogen-bond acceptors (Lipinski definition) is 4. The van der Waals surface area contributed by atoms with E-state index < -0.39 is 5.97 Å². The van der Waals surface area contributed by atoms with Crippen LogP contribution in [0, 0.1) is 0 Å². The van der Waals surface area contributed by atoms with Crippen molar-refractivity contribution in [1.29, 1.82) is 0 Å². The van der Waals surface area contributed by atoms with Crippen molar-refractivity contribution in [3.8, 4) is 0 Å². The van der Waals surface area contributed by atoms with Gasteiger partial charge in [-0.05, 0) is 30.4 Å². The number of carbonyl (C=O) groups is 1. The highest BCUT2D eigenvalue weighted by molar-refractivity contribution is 7.99. The van der Waals surface area contributed by atoms with Crippen molar-refractivity contribution in [3.63, 3.8) is 0 Å². The molecule has 18 heavy (non-hydrogen) atoms. The topological polar surface area (TPSA) is 63.1 Å². The summed E-state index contributed by atoms with van der Waals surface area (Å²) in [5.41, 5.74) is 0.939. The summed E-state index contributed by atoms with van der Waals surface area (Å²) in [5, 5.41) is 10.8. The number of rotatable bonds is 5. The van der Waals surface area contributed by atoms with Crippen LogP contribution in [0.4, 0.5) is 0 Å². The highest BCUT2D eigenvalue weighted by Gasteiger charge is 2.08. The molecule has 1 N–H and O–H groups in total. The number of aromatic carboxylic acids is 1. The first kappa shape index (κ1) is 12.8. The van der Waals surface area contributed by atoms with E-state index in [2.05, 4.69) is 16.9 Å². The lowest BCUT2D eigenvalue weighted by Crippen LogP contribution is -1.97. The summed E-state index contributed by atoms with van der Waals surface area (Å²) in [7, 11) is 0. The monoisotopic (exact) mass is 262 g/mol. The standard InChI is InChI=1S/C13H14N2O2S/c1-2-3-6-18-12-10-5-4-9(13(16)17)7-11(10)14-8-15-12/h4-5,7-8H,2-3,6H2,1H3,(H,16,17). The van der Waals surface area contributed by atoms with E-state index in [0.717, 1.165) is 29.0 Å². The molecule has 1 heterocycles. The van der Waals surface area contributed by atoms with Crippen LogP contribution in [0.3, 0.4) is 0 Å². The van der Waals surface area contributed by atoms with Gasteiger partial charge in [-0.15, -0.1) is 11.8 Å². The van der Waals surface area contributed by atoms with Gasteiger partial charge in [-0.25, -0.2) is 14.8 Å². The summed E-state index contributed by atoms with van der Waals surface area (Å²) < 4.78 is 0. The number of hydrogen-bond donors (Lipinski definition) is 1. The number of benzene rings is 1. The number of fused-ring (bicyclic) bond motifs is 1. The van der Waals surface area contributed by atoms with E-state index in [4.69, 9.17) is 5.11 Å². The number of unbranched alkanes of at least 4 members (excludes halogenated alkanes) is 1. The maximum atomic E-state index is 10.9. The molecule has 0 aliphatic heterocycles. The van der Waals surface area contributed by atoms with Crippen molar-refractivity contribution in [2.45, 2.75) is 24.8 Å². The van der Waals surface area contributed by atoms with Crippen molar-refractivity contribution in [2.75, 3.05) is 5.75 Å². The van der Waals surface area contributed by atoms with Gasteiger partial charge in [0.05, 0.1) is 11.1 Å². The van der Waals surface area contributed by atoms with Crippen LogP contribution >= 0.6 is 11.8 Å². The average molecular weight is 262 g/mol. The zero-order chi connectivity index (χ0) is 13.0. The molecule has 0 atom stereocenters. The Bertz CT molecular complexity index is 572. The van der Waals surface area contributed by atoms with Gasteiger partial charge in [0, 0.05) is 5.39 Å². The molecule has 0 fully saturated rings. The third-order valence-corrected chi connectivity index (χ3v) is 3.68. The molecule has 0 unspecified atom stereocenters. The molecule has 0 saturated carbocycles. The first-order valence-corrected chi connectivity index (χ1v) is 6.81. The average Bonchev–Trinajstić information content (AvgIpc) is 2.38. The molecular weight excluding hydrogens is 248 g/mol. The smallest absolute Gasteiger partial charge is 0.335 e. The Balaban J connectivity index is 2.34. The van der Waals surface area contributed by atoms with Crippen molar-refractivity contribution < 1.29 is 9.90 Å². The van der Waals surface area contributed by atoms with Crippen LogP contribution in [0.2, 0.25) is 0 Å². The van der Waals surface area contributed by atoms with Crippen LogP contribution in [0.15, 0.2) is 29.6 Å². The third kappa shape index (κ3) is 2.79. The molecule has 1 aromatic heterocycles. The Morgan fingerprint density at radius 2 is 2.22 bits per heavy atom. The predicted molar refractivity (Wildman–Crippen MR) is 72.1 cm³/mol.